The van der Waals surface area contributed by atoms with E-state index in [-0.39, 0.29) is 30.6 Å². The van der Waals surface area contributed by atoms with E-state index in [0.717, 1.165) is 36.7 Å². The number of likely N-dealkylation sites (tertiary alicyclic amines) is 1. The summed E-state index contributed by atoms with van der Waals surface area (Å²) in [4.78, 5) is 7.15. The van der Waals surface area contributed by atoms with Crippen LogP contribution in [0.2, 0.25) is 0 Å². The van der Waals surface area contributed by atoms with Gasteiger partial charge in [-0.3, -0.25) is 0 Å². The van der Waals surface area contributed by atoms with E-state index in [0.29, 0.717) is 6.54 Å². The van der Waals surface area contributed by atoms with E-state index in [1.54, 1.807) is 0 Å². The second kappa shape index (κ2) is 12.5. The second-order valence-corrected chi connectivity index (χ2v) is 5.95. The summed E-state index contributed by atoms with van der Waals surface area (Å²) in [6.45, 7) is 7.98. The van der Waals surface area contributed by atoms with E-state index in [1.165, 1.54) is 32.4 Å². The van der Waals surface area contributed by atoms with Gasteiger partial charge < -0.3 is 20.6 Å². The lowest BCUT2D eigenvalue weighted by molar-refractivity contribution is 0.232. The zero-order valence-corrected chi connectivity index (χ0v) is 17.0. The fourth-order valence-electron chi connectivity index (χ4n) is 2.89. The largest absolute Gasteiger partial charge is 0.392 e. The van der Waals surface area contributed by atoms with E-state index < -0.39 is 0 Å². The maximum Gasteiger partial charge on any atom is 0.191 e. The number of nitrogens with zero attached hydrogens (tertiary/aromatic N) is 2. The van der Waals surface area contributed by atoms with Gasteiger partial charge in [0.1, 0.15) is 0 Å². The average Bonchev–Trinajstić information content (AvgIpc) is 2.61. The number of rotatable bonds is 7. The summed E-state index contributed by atoms with van der Waals surface area (Å²) in [7, 11) is 0. The molecule has 0 saturated carbocycles. The Kier molecular flexibility index (Phi) is 11.0. The summed E-state index contributed by atoms with van der Waals surface area (Å²) < 4.78 is 0. The molecule has 0 radical (unpaired) electrons. The molecule has 2 rings (SSSR count). The van der Waals surface area contributed by atoms with Crippen LogP contribution in [0, 0.1) is 0 Å². The Hall–Kier alpha value is -0.860. The van der Waals surface area contributed by atoms with Crippen molar-refractivity contribution in [2.75, 3.05) is 32.7 Å². The van der Waals surface area contributed by atoms with Crippen LogP contribution in [-0.4, -0.2) is 48.7 Å². The van der Waals surface area contributed by atoms with Gasteiger partial charge in [0.25, 0.3) is 0 Å². The van der Waals surface area contributed by atoms with Gasteiger partial charge in [0.05, 0.1) is 13.2 Å². The molecule has 1 aliphatic rings. The number of aliphatic imine (C=N–C) groups is 1. The minimum Gasteiger partial charge on any atom is -0.392 e. The molecular weight excluding hydrogens is 415 g/mol. The second-order valence-electron chi connectivity index (χ2n) is 5.95. The standard InChI is InChI=1S/C18H30N4O.HI/c1-2-19-18(20-10-13-22-11-6-3-7-12-22)21-14-16-8-4-5-9-17(16)15-23;/h4-5,8-9,23H,2-3,6-7,10-15H2,1H3,(H2,19,20,21);1H. The van der Waals surface area contributed by atoms with Crippen molar-refractivity contribution in [1.29, 1.82) is 0 Å². The molecule has 0 atom stereocenters. The zero-order valence-electron chi connectivity index (χ0n) is 14.6. The minimum absolute atomic E-state index is 0. The number of guanidine groups is 1. The van der Waals surface area contributed by atoms with E-state index in [4.69, 9.17) is 0 Å². The highest BCUT2D eigenvalue weighted by atomic mass is 127. The van der Waals surface area contributed by atoms with Gasteiger partial charge in [0, 0.05) is 19.6 Å². The van der Waals surface area contributed by atoms with Crippen LogP contribution >= 0.6 is 24.0 Å². The topological polar surface area (TPSA) is 59.9 Å². The van der Waals surface area contributed by atoms with Crippen molar-refractivity contribution in [3.8, 4) is 0 Å². The Morgan fingerprint density at radius 2 is 1.83 bits per heavy atom. The van der Waals surface area contributed by atoms with Gasteiger partial charge in [0.15, 0.2) is 5.96 Å². The Morgan fingerprint density at radius 1 is 1.12 bits per heavy atom. The molecule has 0 unspecified atom stereocenters. The summed E-state index contributed by atoms with van der Waals surface area (Å²) in [6, 6.07) is 7.90. The number of halogens is 1. The first-order chi connectivity index (χ1) is 11.3. The third-order valence-electron chi connectivity index (χ3n) is 4.21. The highest BCUT2D eigenvalue weighted by Crippen LogP contribution is 2.10. The van der Waals surface area contributed by atoms with Crippen LogP contribution in [0.25, 0.3) is 0 Å². The zero-order chi connectivity index (χ0) is 16.3. The van der Waals surface area contributed by atoms with E-state index in [2.05, 4.69) is 27.4 Å². The van der Waals surface area contributed by atoms with Crippen molar-refractivity contribution in [1.82, 2.24) is 15.5 Å². The van der Waals surface area contributed by atoms with Crippen LogP contribution in [-0.2, 0) is 13.2 Å². The number of hydrogen-bond donors (Lipinski definition) is 3. The van der Waals surface area contributed by atoms with Crippen LogP contribution in [0.4, 0.5) is 0 Å². The maximum absolute atomic E-state index is 9.39. The minimum atomic E-state index is 0. The molecule has 0 aliphatic carbocycles. The normalized spacial score (nSPS) is 15.7. The van der Waals surface area contributed by atoms with E-state index in [1.807, 2.05) is 24.3 Å². The number of benzene rings is 1. The number of nitrogens with one attached hydrogen (secondary N) is 2. The van der Waals surface area contributed by atoms with Crippen molar-refractivity contribution < 1.29 is 5.11 Å². The molecule has 1 heterocycles. The summed E-state index contributed by atoms with van der Waals surface area (Å²) in [5, 5.41) is 16.1. The quantitative estimate of drug-likeness (QED) is 0.342. The van der Waals surface area contributed by atoms with Crippen LogP contribution in [0.15, 0.2) is 29.3 Å². The highest BCUT2D eigenvalue weighted by molar-refractivity contribution is 14.0. The predicted octanol–water partition coefficient (Wildman–Crippen LogP) is 2.34. The SMILES string of the molecule is CCNC(=NCc1ccccc1CO)NCCN1CCCCC1.I. The molecule has 1 aromatic rings. The molecule has 1 aromatic carbocycles. The van der Waals surface area contributed by atoms with Crippen molar-refractivity contribution >= 4 is 29.9 Å². The van der Waals surface area contributed by atoms with Gasteiger partial charge in [-0.05, 0) is 44.0 Å². The molecule has 1 saturated heterocycles. The van der Waals surface area contributed by atoms with Crippen molar-refractivity contribution in [2.45, 2.75) is 39.3 Å². The monoisotopic (exact) mass is 446 g/mol. The molecule has 1 aliphatic heterocycles. The predicted molar refractivity (Wildman–Crippen MR) is 111 cm³/mol. The molecular formula is C18H31IN4O. The first kappa shape index (κ1) is 21.2. The van der Waals surface area contributed by atoms with Crippen LogP contribution in [0.1, 0.15) is 37.3 Å². The lowest BCUT2D eigenvalue weighted by Crippen LogP contribution is -2.42. The molecule has 6 heteroatoms. The lowest BCUT2D eigenvalue weighted by atomic mass is 10.1. The molecule has 0 spiro atoms. The summed E-state index contributed by atoms with van der Waals surface area (Å²) in [5.74, 6) is 0.845. The summed E-state index contributed by atoms with van der Waals surface area (Å²) >= 11 is 0. The first-order valence-corrected chi connectivity index (χ1v) is 8.75. The number of piperidine rings is 1. The Morgan fingerprint density at radius 3 is 2.50 bits per heavy atom. The summed E-state index contributed by atoms with van der Waals surface area (Å²) in [5.41, 5.74) is 2.02. The van der Waals surface area contributed by atoms with Gasteiger partial charge >= 0.3 is 0 Å². The van der Waals surface area contributed by atoms with Crippen molar-refractivity contribution in [3.63, 3.8) is 0 Å². The Bertz CT molecular complexity index is 490. The third-order valence-corrected chi connectivity index (χ3v) is 4.21. The number of hydrogen-bond acceptors (Lipinski definition) is 3. The first-order valence-electron chi connectivity index (χ1n) is 8.75. The maximum atomic E-state index is 9.39. The van der Waals surface area contributed by atoms with Gasteiger partial charge in [-0.25, -0.2) is 4.99 Å². The lowest BCUT2D eigenvalue weighted by Gasteiger charge is -2.26. The van der Waals surface area contributed by atoms with Crippen LogP contribution in [0.5, 0.6) is 0 Å². The Labute approximate surface area is 162 Å². The number of aliphatic hydroxyl groups excluding tert-OH is 1. The molecule has 0 amide bonds. The van der Waals surface area contributed by atoms with E-state index in [9.17, 15) is 5.11 Å². The highest BCUT2D eigenvalue weighted by Gasteiger charge is 2.09. The van der Waals surface area contributed by atoms with Crippen LogP contribution in [0.3, 0.4) is 0 Å². The molecule has 1 fully saturated rings. The molecule has 24 heavy (non-hydrogen) atoms. The van der Waals surface area contributed by atoms with Crippen molar-refractivity contribution in [2.24, 2.45) is 4.99 Å². The van der Waals surface area contributed by atoms with Gasteiger partial charge in [-0.1, -0.05) is 30.7 Å². The van der Waals surface area contributed by atoms with E-state index >= 15 is 0 Å². The molecule has 0 aromatic heterocycles. The van der Waals surface area contributed by atoms with Crippen LogP contribution < -0.4 is 10.6 Å². The Balaban J connectivity index is 0.00000288. The molecule has 3 N–H and O–H groups in total. The molecule has 0 bridgehead atoms. The summed E-state index contributed by atoms with van der Waals surface area (Å²) in [6.07, 6.45) is 4.02. The average molecular weight is 446 g/mol. The van der Waals surface area contributed by atoms with Gasteiger partial charge in [0.2, 0.25) is 0 Å². The van der Waals surface area contributed by atoms with Gasteiger partial charge in [-0.15, -0.1) is 24.0 Å². The number of aliphatic hydroxyl groups is 1. The smallest absolute Gasteiger partial charge is 0.191 e. The van der Waals surface area contributed by atoms with Gasteiger partial charge in [-0.2, -0.15) is 0 Å². The fraction of sp³-hybridized carbons (Fsp3) is 0.611. The fourth-order valence-corrected chi connectivity index (χ4v) is 2.89. The molecule has 136 valence electrons. The third kappa shape index (κ3) is 7.36. The van der Waals surface area contributed by atoms with Crippen molar-refractivity contribution in [3.05, 3.63) is 35.4 Å². The molecule has 5 nitrogen and oxygen atoms in total.